The summed E-state index contributed by atoms with van der Waals surface area (Å²) in [5, 5.41) is 2.58. The maximum atomic E-state index is 11.6. The number of nitrogens with zero attached hydrogens (tertiary/aromatic N) is 2. The third-order valence-corrected chi connectivity index (χ3v) is 2.72. The van der Waals surface area contributed by atoms with Crippen LogP contribution in [0, 0.1) is 0 Å². The second-order valence-corrected chi connectivity index (χ2v) is 4.06. The molecule has 1 aliphatic heterocycles. The standard InChI is InChI=1S/C10H20N4O2/c1-8(11)10(16)14-5-3-13(4-6-14)7-9(15)12-2/h8H,3-7,11H2,1-2H3,(H,12,15)/t8-/m1/s1. The number of piperazine rings is 1. The molecule has 6 nitrogen and oxygen atoms in total. The predicted molar refractivity (Wildman–Crippen MR) is 60.7 cm³/mol. The van der Waals surface area contributed by atoms with E-state index in [-0.39, 0.29) is 11.8 Å². The highest BCUT2D eigenvalue weighted by Crippen LogP contribution is 2.02. The van der Waals surface area contributed by atoms with E-state index in [1.807, 2.05) is 4.90 Å². The molecule has 1 rings (SSSR count). The molecule has 2 amide bonds. The lowest BCUT2D eigenvalue weighted by atomic mass is 10.2. The van der Waals surface area contributed by atoms with E-state index in [0.717, 1.165) is 13.1 Å². The van der Waals surface area contributed by atoms with Gasteiger partial charge in [0.25, 0.3) is 0 Å². The van der Waals surface area contributed by atoms with Crippen molar-refractivity contribution in [2.24, 2.45) is 5.73 Å². The van der Waals surface area contributed by atoms with Crippen LogP contribution in [0.15, 0.2) is 0 Å². The van der Waals surface area contributed by atoms with Crippen molar-refractivity contribution in [2.75, 3.05) is 39.8 Å². The number of hydrogen-bond acceptors (Lipinski definition) is 4. The van der Waals surface area contributed by atoms with Gasteiger partial charge in [0, 0.05) is 33.2 Å². The van der Waals surface area contributed by atoms with Gasteiger partial charge in [-0.3, -0.25) is 14.5 Å². The molecule has 1 fully saturated rings. The van der Waals surface area contributed by atoms with Crippen LogP contribution >= 0.6 is 0 Å². The Hall–Kier alpha value is -1.14. The number of carbonyl (C=O) groups excluding carboxylic acids is 2. The zero-order chi connectivity index (χ0) is 12.1. The monoisotopic (exact) mass is 228 g/mol. The van der Waals surface area contributed by atoms with Gasteiger partial charge >= 0.3 is 0 Å². The number of amides is 2. The Morgan fingerprint density at radius 2 is 1.88 bits per heavy atom. The Balaban J connectivity index is 2.34. The highest BCUT2D eigenvalue weighted by Gasteiger charge is 2.23. The fourth-order valence-corrected chi connectivity index (χ4v) is 1.70. The van der Waals surface area contributed by atoms with Crippen LogP contribution in [0.2, 0.25) is 0 Å². The summed E-state index contributed by atoms with van der Waals surface area (Å²) < 4.78 is 0. The minimum atomic E-state index is -0.439. The average molecular weight is 228 g/mol. The van der Waals surface area contributed by atoms with Gasteiger partial charge in [-0.05, 0) is 6.92 Å². The van der Waals surface area contributed by atoms with Crippen LogP contribution in [0.3, 0.4) is 0 Å². The number of likely N-dealkylation sites (N-methyl/N-ethyl adjacent to an activating group) is 1. The third kappa shape index (κ3) is 3.46. The third-order valence-electron chi connectivity index (χ3n) is 2.72. The van der Waals surface area contributed by atoms with Crippen LogP contribution in [-0.2, 0) is 9.59 Å². The van der Waals surface area contributed by atoms with E-state index in [2.05, 4.69) is 5.32 Å². The SMILES string of the molecule is CNC(=O)CN1CCN(C(=O)[C@@H](C)N)CC1. The smallest absolute Gasteiger partial charge is 0.239 e. The van der Waals surface area contributed by atoms with E-state index in [4.69, 9.17) is 5.73 Å². The van der Waals surface area contributed by atoms with Gasteiger partial charge < -0.3 is 16.0 Å². The molecule has 0 aromatic heterocycles. The number of rotatable bonds is 3. The maximum Gasteiger partial charge on any atom is 0.239 e. The predicted octanol–water partition coefficient (Wildman–Crippen LogP) is -1.78. The largest absolute Gasteiger partial charge is 0.358 e. The average Bonchev–Trinajstić information content (AvgIpc) is 2.28. The highest BCUT2D eigenvalue weighted by atomic mass is 16.2. The van der Waals surface area contributed by atoms with E-state index in [9.17, 15) is 9.59 Å². The summed E-state index contributed by atoms with van der Waals surface area (Å²) in [4.78, 5) is 26.5. The molecular formula is C10H20N4O2. The maximum absolute atomic E-state index is 11.6. The molecule has 0 bridgehead atoms. The molecule has 3 N–H and O–H groups in total. The molecule has 1 atom stereocenters. The molecule has 0 spiro atoms. The summed E-state index contributed by atoms with van der Waals surface area (Å²) in [6.45, 7) is 4.85. The minimum Gasteiger partial charge on any atom is -0.358 e. The molecule has 1 saturated heterocycles. The molecule has 0 aromatic rings. The van der Waals surface area contributed by atoms with Crippen molar-refractivity contribution < 1.29 is 9.59 Å². The van der Waals surface area contributed by atoms with Crippen molar-refractivity contribution in [1.29, 1.82) is 0 Å². The van der Waals surface area contributed by atoms with E-state index < -0.39 is 6.04 Å². The van der Waals surface area contributed by atoms with Crippen molar-refractivity contribution in [2.45, 2.75) is 13.0 Å². The lowest BCUT2D eigenvalue weighted by Crippen LogP contribution is -2.53. The van der Waals surface area contributed by atoms with E-state index in [1.54, 1.807) is 18.9 Å². The molecule has 16 heavy (non-hydrogen) atoms. The number of hydrogen-bond donors (Lipinski definition) is 2. The molecule has 1 heterocycles. The Kier molecular flexibility index (Phi) is 4.70. The highest BCUT2D eigenvalue weighted by molar-refractivity contribution is 5.81. The van der Waals surface area contributed by atoms with E-state index in [1.165, 1.54) is 0 Å². The first-order valence-electron chi connectivity index (χ1n) is 5.52. The van der Waals surface area contributed by atoms with Crippen molar-refractivity contribution in [3.8, 4) is 0 Å². The van der Waals surface area contributed by atoms with Gasteiger partial charge in [0.05, 0.1) is 12.6 Å². The van der Waals surface area contributed by atoms with Crippen LogP contribution in [0.25, 0.3) is 0 Å². The number of nitrogens with one attached hydrogen (secondary N) is 1. The lowest BCUT2D eigenvalue weighted by Gasteiger charge is -2.35. The van der Waals surface area contributed by atoms with Gasteiger partial charge in [-0.25, -0.2) is 0 Å². The van der Waals surface area contributed by atoms with Crippen molar-refractivity contribution in [3.63, 3.8) is 0 Å². The molecular weight excluding hydrogens is 208 g/mol. The van der Waals surface area contributed by atoms with Crippen LogP contribution in [0.5, 0.6) is 0 Å². The van der Waals surface area contributed by atoms with Gasteiger partial charge in [0.1, 0.15) is 0 Å². The quantitative estimate of drug-likeness (QED) is 0.599. The summed E-state index contributed by atoms with van der Waals surface area (Å²) in [7, 11) is 1.62. The normalized spacial score (nSPS) is 19.3. The molecule has 92 valence electrons. The first-order valence-corrected chi connectivity index (χ1v) is 5.52. The first-order chi connectivity index (χ1) is 7.54. The molecule has 1 aliphatic rings. The van der Waals surface area contributed by atoms with Crippen LogP contribution in [-0.4, -0.2) is 67.4 Å². The fraction of sp³-hybridized carbons (Fsp3) is 0.800. The number of nitrogens with two attached hydrogens (primary N) is 1. The zero-order valence-corrected chi connectivity index (χ0v) is 9.90. The Bertz CT molecular complexity index is 260. The summed E-state index contributed by atoms with van der Waals surface area (Å²) in [6, 6.07) is -0.439. The summed E-state index contributed by atoms with van der Waals surface area (Å²) in [5.74, 6) is -0.00781. The van der Waals surface area contributed by atoms with Gasteiger partial charge in [-0.1, -0.05) is 0 Å². The summed E-state index contributed by atoms with van der Waals surface area (Å²) >= 11 is 0. The second-order valence-electron chi connectivity index (χ2n) is 4.06. The molecule has 6 heteroatoms. The van der Waals surface area contributed by atoms with Gasteiger partial charge in [0.15, 0.2) is 0 Å². The van der Waals surface area contributed by atoms with Crippen LogP contribution in [0.4, 0.5) is 0 Å². The van der Waals surface area contributed by atoms with Crippen molar-refractivity contribution in [1.82, 2.24) is 15.1 Å². The fourth-order valence-electron chi connectivity index (χ4n) is 1.70. The lowest BCUT2D eigenvalue weighted by molar-refractivity contribution is -0.134. The summed E-state index contributed by atoms with van der Waals surface area (Å²) in [5.41, 5.74) is 5.53. The minimum absolute atomic E-state index is 0.00645. The molecule has 0 unspecified atom stereocenters. The second kappa shape index (κ2) is 5.81. The zero-order valence-electron chi connectivity index (χ0n) is 9.90. The van der Waals surface area contributed by atoms with Crippen molar-refractivity contribution in [3.05, 3.63) is 0 Å². The van der Waals surface area contributed by atoms with Gasteiger partial charge in [-0.15, -0.1) is 0 Å². The van der Waals surface area contributed by atoms with Gasteiger partial charge in [0.2, 0.25) is 11.8 Å². The molecule has 0 saturated carbocycles. The Labute approximate surface area is 95.8 Å². The molecule has 0 radical (unpaired) electrons. The van der Waals surface area contributed by atoms with Gasteiger partial charge in [-0.2, -0.15) is 0 Å². The topological polar surface area (TPSA) is 78.7 Å². The molecule has 0 aliphatic carbocycles. The first kappa shape index (κ1) is 12.9. The Morgan fingerprint density at radius 1 is 1.31 bits per heavy atom. The number of carbonyl (C=O) groups is 2. The molecule has 0 aromatic carbocycles. The van der Waals surface area contributed by atoms with Crippen molar-refractivity contribution >= 4 is 11.8 Å². The Morgan fingerprint density at radius 3 is 2.31 bits per heavy atom. The van der Waals surface area contributed by atoms with E-state index in [0.29, 0.717) is 19.6 Å². The van der Waals surface area contributed by atoms with E-state index >= 15 is 0 Å². The van der Waals surface area contributed by atoms with Crippen LogP contribution < -0.4 is 11.1 Å². The summed E-state index contributed by atoms with van der Waals surface area (Å²) in [6.07, 6.45) is 0. The van der Waals surface area contributed by atoms with Crippen LogP contribution in [0.1, 0.15) is 6.92 Å².